The maximum atomic E-state index is 11.3. The van der Waals surface area contributed by atoms with Gasteiger partial charge >= 0.3 is 0 Å². The molecule has 1 aromatic rings. The van der Waals surface area contributed by atoms with Crippen LogP contribution in [0, 0.1) is 0 Å². The van der Waals surface area contributed by atoms with Gasteiger partial charge in [-0.25, -0.2) is 4.99 Å². The van der Waals surface area contributed by atoms with Gasteiger partial charge in [0, 0.05) is 23.8 Å². The Morgan fingerprint density at radius 1 is 1.46 bits per heavy atom. The lowest BCUT2D eigenvalue weighted by Gasteiger charge is -2.12. The zero-order valence-electron chi connectivity index (χ0n) is 7.28. The number of aliphatic imine (C=N–C) groups is 1. The molecule has 0 radical (unpaired) electrons. The zero-order chi connectivity index (χ0) is 9.26. The molecule has 0 fully saturated rings. The van der Waals surface area contributed by atoms with E-state index in [0.717, 1.165) is 11.3 Å². The van der Waals surface area contributed by atoms with E-state index in [2.05, 4.69) is 4.99 Å². The molecule has 1 heterocycles. The molecule has 0 aromatic heterocycles. The molecule has 1 amide bonds. The van der Waals surface area contributed by atoms with Crippen LogP contribution in [0.4, 0.5) is 0 Å². The van der Waals surface area contributed by atoms with Gasteiger partial charge in [-0.1, -0.05) is 6.07 Å². The number of nitrogens with zero attached hydrogens (tertiary/aromatic N) is 1. The standard InChI is InChI=1S/C10H9NO2/c1-13-9-4-2-3-8-7(9)5-6-11-10(8)12/h2-4,6H,5H2,1H3/i1-1. The summed E-state index contributed by atoms with van der Waals surface area (Å²) in [5.74, 6) is 0.581. The molecule has 0 saturated carbocycles. The molecule has 0 spiro atoms. The quantitative estimate of drug-likeness (QED) is 0.646. The van der Waals surface area contributed by atoms with Crippen LogP contribution < -0.4 is 4.74 Å². The average Bonchev–Trinajstić information content (AvgIpc) is 2.18. The van der Waals surface area contributed by atoms with Crippen LogP contribution in [0.25, 0.3) is 0 Å². The molecule has 2 rings (SSSR count). The molecule has 0 aliphatic carbocycles. The summed E-state index contributed by atoms with van der Waals surface area (Å²) in [4.78, 5) is 15.0. The van der Waals surface area contributed by atoms with Crippen LogP contribution in [0.1, 0.15) is 15.9 Å². The molecule has 13 heavy (non-hydrogen) atoms. The summed E-state index contributed by atoms with van der Waals surface area (Å²) >= 11 is 0. The second-order valence-electron chi connectivity index (χ2n) is 2.81. The van der Waals surface area contributed by atoms with Crippen LogP contribution in [0.2, 0.25) is 0 Å². The van der Waals surface area contributed by atoms with Crippen molar-refractivity contribution in [3.8, 4) is 5.75 Å². The topological polar surface area (TPSA) is 38.7 Å². The second kappa shape index (κ2) is 3.01. The van der Waals surface area contributed by atoms with Crippen molar-refractivity contribution in [3.05, 3.63) is 29.3 Å². The van der Waals surface area contributed by atoms with Crippen LogP contribution >= 0.6 is 0 Å². The van der Waals surface area contributed by atoms with Crippen molar-refractivity contribution in [1.82, 2.24) is 0 Å². The Bertz CT molecular complexity index is 383. The Kier molecular flexibility index (Phi) is 1.85. The molecule has 0 saturated heterocycles. The first-order valence-corrected chi connectivity index (χ1v) is 4.05. The van der Waals surface area contributed by atoms with Gasteiger partial charge in [-0.2, -0.15) is 0 Å². The van der Waals surface area contributed by atoms with Gasteiger partial charge in [0.2, 0.25) is 0 Å². The second-order valence-corrected chi connectivity index (χ2v) is 2.81. The van der Waals surface area contributed by atoms with Crippen LogP contribution in [0.3, 0.4) is 0 Å². The first kappa shape index (κ1) is 7.98. The fourth-order valence-corrected chi connectivity index (χ4v) is 1.46. The summed E-state index contributed by atoms with van der Waals surface area (Å²) in [5, 5.41) is 0. The highest BCUT2D eigenvalue weighted by atomic mass is 16.4. The largest absolute Gasteiger partial charge is 0.496 e. The molecule has 3 heteroatoms. The molecule has 0 bridgehead atoms. The summed E-state index contributed by atoms with van der Waals surface area (Å²) in [7, 11) is 1.60. The number of hydrogen-bond acceptors (Lipinski definition) is 2. The summed E-state index contributed by atoms with van der Waals surface area (Å²) in [6.07, 6.45) is 2.29. The predicted molar refractivity (Wildman–Crippen MR) is 49.5 cm³/mol. The summed E-state index contributed by atoms with van der Waals surface area (Å²) in [6, 6.07) is 5.43. The van der Waals surface area contributed by atoms with E-state index in [1.54, 1.807) is 25.5 Å². The molecule has 0 unspecified atom stereocenters. The summed E-state index contributed by atoms with van der Waals surface area (Å²) in [6.45, 7) is 0. The fraction of sp³-hybridized carbons (Fsp3) is 0.200. The lowest BCUT2D eigenvalue weighted by atomic mass is 10.0. The fourth-order valence-electron chi connectivity index (χ4n) is 1.46. The van der Waals surface area contributed by atoms with Gasteiger partial charge in [0.05, 0.1) is 7.11 Å². The summed E-state index contributed by atoms with van der Waals surface area (Å²) in [5.41, 5.74) is 1.59. The van der Waals surface area contributed by atoms with Crippen LogP contribution in [0.15, 0.2) is 23.2 Å². The molecule has 3 nitrogen and oxygen atoms in total. The van der Waals surface area contributed by atoms with E-state index in [1.165, 1.54) is 0 Å². The third-order valence-corrected chi connectivity index (χ3v) is 2.09. The number of methoxy groups -OCH3 is 1. The Hall–Kier alpha value is -1.64. The minimum absolute atomic E-state index is 0.180. The van der Waals surface area contributed by atoms with Crippen LogP contribution in [-0.2, 0) is 6.42 Å². The molecule has 1 aliphatic heterocycles. The maximum Gasteiger partial charge on any atom is 0.277 e. The van der Waals surface area contributed by atoms with Gasteiger partial charge in [-0.3, -0.25) is 4.79 Å². The number of carbonyl (C=O) groups excluding carboxylic acids is 1. The average molecular weight is 174 g/mol. The Morgan fingerprint density at radius 3 is 3.08 bits per heavy atom. The highest BCUT2D eigenvalue weighted by molar-refractivity contribution is 6.04. The first-order valence-electron chi connectivity index (χ1n) is 4.05. The van der Waals surface area contributed by atoms with E-state index in [-0.39, 0.29) is 5.91 Å². The SMILES string of the molecule is [11CH3]Oc1cccc2c1CC=NC2=O. The number of amides is 1. The maximum absolute atomic E-state index is 11.3. The van der Waals surface area contributed by atoms with Crippen molar-refractivity contribution in [2.24, 2.45) is 4.99 Å². The van der Waals surface area contributed by atoms with E-state index in [0.29, 0.717) is 12.0 Å². The number of carbonyl (C=O) groups is 1. The van der Waals surface area contributed by atoms with Crippen molar-refractivity contribution < 1.29 is 9.53 Å². The normalized spacial score (nSPS) is 14.1. The van der Waals surface area contributed by atoms with E-state index in [1.807, 2.05) is 6.07 Å². The molecule has 1 aliphatic rings. The van der Waals surface area contributed by atoms with E-state index >= 15 is 0 Å². The van der Waals surface area contributed by atoms with Gasteiger partial charge < -0.3 is 4.74 Å². The summed E-state index contributed by atoms with van der Waals surface area (Å²) < 4.78 is 5.15. The minimum Gasteiger partial charge on any atom is -0.496 e. The highest BCUT2D eigenvalue weighted by Gasteiger charge is 2.16. The Balaban J connectivity index is 2.59. The van der Waals surface area contributed by atoms with Gasteiger partial charge in [0.1, 0.15) is 5.75 Å². The van der Waals surface area contributed by atoms with Crippen molar-refractivity contribution in [1.29, 1.82) is 0 Å². The molecular formula is C10H9NO2. The number of hydrogen-bond donors (Lipinski definition) is 0. The highest BCUT2D eigenvalue weighted by Crippen LogP contribution is 2.24. The molecular weight excluding hydrogens is 165 g/mol. The lowest BCUT2D eigenvalue weighted by Crippen LogP contribution is -2.09. The van der Waals surface area contributed by atoms with Crippen molar-refractivity contribution in [3.63, 3.8) is 0 Å². The van der Waals surface area contributed by atoms with Gasteiger partial charge in [-0.05, 0) is 12.1 Å². The number of benzene rings is 1. The minimum atomic E-state index is -0.180. The number of ether oxygens (including phenoxy) is 1. The Morgan fingerprint density at radius 2 is 2.31 bits per heavy atom. The van der Waals surface area contributed by atoms with Gasteiger partial charge in [0.15, 0.2) is 0 Å². The molecule has 0 atom stereocenters. The first-order chi connectivity index (χ1) is 6.33. The van der Waals surface area contributed by atoms with Crippen molar-refractivity contribution >= 4 is 12.1 Å². The Labute approximate surface area is 76.1 Å². The van der Waals surface area contributed by atoms with Gasteiger partial charge in [0.25, 0.3) is 5.91 Å². The molecule has 1 aromatic carbocycles. The lowest BCUT2D eigenvalue weighted by molar-refractivity contribution is 0.100. The monoisotopic (exact) mass is 174 g/mol. The molecule has 0 N–H and O–H groups in total. The smallest absolute Gasteiger partial charge is 0.277 e. The third kappa shape index (κ3) is 1.22. The zero-order valence-corrected chi connectivity index (χ0v) is 7.28. The van der Waals surface area contributed by atoms with E-state index in [4.69, 9.17) is 4.74 Å². The van der Waals surface area contributed by atoms with E-state index in [9.17, 15) is 4.79 Å². The van der Waals surface area contributed by atoms with Crippen molar-refractivity contribution in [2.75, 3.05) is 7.11 Å². The van der Waals surface area contributed by atoms with E-state index < -0.39 is 0 Å². The molecule has 66 valence electrons. The third-order valence-electron chi connectivity index (χ3n) is 2.09. The van der Waals surface area contributed by atoms with Crippen LogP contribution in [0.5, 0.6) is 5.75 Å². The number of rotatable bonds is 1. The van der Waals surface area contributed by atoms with Gasteiger partial charge in [-0.15, -0.1) is 0 Å². The number of fused-ring (bicyclic) bond motifs is 1. The van der Waals surface area contributed by atoms with Crippen LogP contribution in [-0.4, -0.2) is 19.2 Å². The van der Waals surface area contributed by atoms with Crippen molar-refractivity contribution in [2.45, 2.75) is 6.42 Å². The predicted octanol–water partition coefficient (Wildman–Crippen LogP) is 1.46.